The third-order valence-corrected chi connectivity index (χ3v) is 3.39. The van der Waals surface area contributed by atoms with E-state index in [0.29, 0.717) is 10.7 Å². The lowest BCUT2D eigenvalue weighted by Crippen LogP contribution is -2.30. The van der Waals surface area contributed by atoms with Gasteiger partial charge in [-0.05, 0) is 26.0 Å². The van der Waals surface area contributed by atoms with E-state index in [1.165, 1.54) is 11.3 Å². The number of hydrogen-bond donors (Lipinski definition) is 1. The van der Waals surface area contributed by atoms with Gasteiger partial charge in [0.05, 0.1) is 0 Å². The van der Waals surface area contributed by atoms with Crippen LogP contribution in [0.4, 0.5) is 0 Å². The summed E-state index contributed by atoms with van der Waals surface area (Å²) >= 11 is 7.28. The molecule has 1 heterocycles. The van der Waals surface area contributed by atoms with E-state index in [1.54, 1.807) is 5.38 Å². The SMILES string of the molecule is CC(C)NC(=O)c1csc(-c2ccc(Cl)cc2)n1. The van der Waals surface area contributed by atoms with Gasteiger partial charge in [0.25, 0.3) is 5.91 Å². The zero-order valence-corrected chi connectivity index (χ0v) is 11.7. The normalized spacial score (nSPS) is 10.7. The molecular weight excluding hydrogens is 268 g/mol. The Morgan fingerprint density at radius 2 is 2.00 bits per heavy atom. The van der Waals surface area contributed by atoms with Crippen molar-refractivity contribution in [2.45, 2.75) is 19.9 Å². The molecule has 18 heavy (non-hydrogen) atoms. The van der Waals surface area contributed by atoms with Gasteiger partial charge in [-0.25, -0.2) is 4.98 Å². The second-order valence-corrected chi connectivity index (χ2v) is 5.47. The van der Waals surface area contributed by atoms with Gasteiger partial charge in [-0.3, -0.25) is 4.79 Å². The van der Waals surface area contributed by atoms with Gasteiger partial charge in [0.2, 0.25) is 0 Å². The van der Waals surface area contributed by atoms with Gasteiger partial charge in [0, 0.05) is 22.0 Å². The quantitative estimate of drug-likeness (QED) is 0.933. The third-order valence-electron chi connectivity index (χ3n) is 2.25. The fraction of sp³-hybridized carbons (Fsp3) is 0.231. The van der Waals surface area contributed by atoms with Crippen LogP contribution in [0.5, 0.6) is 0 Å². The molecule has 1 N–H and O–H groups in total. The summed E-state index contributed by atoms with van der Waals surface area (Å²) in [5.41, 5.74) is 1.42. The number of aromatic nitrogens is 1. The van der Waals surface area contributed by atoms with E-state index in [0.717, 1.165) is 10.6 Å². The summed E-state index contributed by atoms with van der Waals surface area (Å²) in [6, 6.07) is 7.52. The Morgan fingerprint density at radius 1 is 1.33 bits per heavy atom. The van der Waals surface area contributed by atoms with Gasteiger partial charge < -0.3 is 5.32 Å². The van der Waals surface area contributed by atoms with Gasteiger partial charge >= 0.3 is 0 Å². The van der Waals surface area contributed by atoms with Crippen LogP contribution in [-0.4, -0.2) is 16.9 Å². The van der Waals surface area contributed by atoms with Crippen LogP contribution in [0.2, 0.25) is 5.02 Å². The highest BCUT2D eigenvalue weighted by Gasteiger charge is 2.12. The van der Waals surface area contributed by atoms with E-state index in [2.05, 4.69) is 10.3 Å². The molecule has 0 saturated heterocycles. The van der Waals surface area contributed by atoms with Crippen molar-refractivity contribution in [3.05, 3.63) is 40.4 Å². The van der Waals surface area contributed by atoms with Crippen LogP contribution >= 0.6 is 22.9 Å². The topological polar surface area (TPSA) is 42.0 Å². The minimum absolute atomic E-state index is 0.109. The Hall–Kier alpha value is -1.39. The van der Waals surface area contributed by atoms with Crippen molar-refractivity contribution in [3.63, 3.8) is 0 Å². The minimum Gasteiger partial charge on any atom is -0.349 e. The molecule has 0 saturated carbocycles. The molecule has 3 nitrogen and oxygen atoms in total. The molecule has 0 atom stereocenters. The van der Waals surface area contributed by atoms with Gasteiger partial charge in [-0.1, -0.05) is 23.7 Å². The fourth-order valence-corrected chi connectivity index (χ4v) is 2.37. The molecule has 5 heteroatoms. The molecule has 0 spiro atoms. The van der Waals surface area contributed by atoms with Gasteiger partial charge in [0.15, 0.2) is 0 Å². The van der Waals surface area contributed by atoms with E-state index in [1.807, 2.05) is 38.1 Å². The molecule has 0 radical (unpaired) electrons. The summed E-state index contributed by atoms with van der Waals surface area (Å²) in [4.78, 5) is 16.1. The van der Waals surface area contributed by atoms with Crippen molar-refractivity contribution >= 4 is 28.8 Å². The number of carbonyl (C=O) groups excluding carboxylic acids is 1. The molecule has 1 amide bonds. The molecule has 94 valence electrons. The highest BCUT2D eigenvalue weighted by atomic mass is 35.5. The van der Waals surface area contributed by atoms with Crippen LogP contribution in [0.3, 0.4) is 0 Å². The van der Waals surface area contributed by atoms with Crippen molar-refractivity contribution in [3.8, 4) is 10.6 Å². The molecule has 0 aliphatic rings. The van der Waals surface area contributed by atoms with Gasteiger partial charge in [-0.15, -0.1) is 11.3 Å². The number of carbonyl (C=O) groups is 1. The first-order chi connectivity index (χ1) is 8.56. The standard InChI is InChI=1S/C13H13ClN2OS/c1-8(2)15-12(17)11-7-18-13(16-11)9-3-5-10(14)6-4-9/h3-8H,1-2H3,(H,15,17). The number of rotatable bonds is 3. The number of amides is 1. The van der Waals surface area contributed by atoms with E-state index in [-0.39, 0.29) is 11.9 Å². The average Bonchev–Trinajstić information content (AvgIpc) is 2.78. The third kappa shape index (κ3) is 3.09. The molecule has 0 aliphatic heterocycles. The second-order valence-electron chi connectivity index (χ2n) is 4.17. The van der Waals surface area contributed by atoms with Crippen LogP contribution in [0.25, 0.3) is 10.6 Å². The second kappa shape index (κ2) is 5.50. The predicted molar refractivity (Wildman–Crippen MR) is 75.2 cm³/mol. The molecule has 1 aromatic carbocycles. The Balaban J connectivity index is 2.20. The number of nitrogens with zero attached hydrogens (tertiary/aromatic N) is 1. The number of hydrogen-bond acceptors (Lipinski definition) is 3. The Bertz CT molecular complexity index is 548. The minimum atomic E-state index is -0.138. The molecule has 0 unspecified atom stereocenters. The zero-order chi connectivity index (χ0) is 13.1. The van der Waals surface area contributed by atoms with E-state index in [9.17, 15) is 4.79 Å². The predicted octanol–water partition coefficient (Wildman–Crippen LogP) is 3.60. The summed E-state index contributed by atoms with van der Waals surface area (Å²) in [5, 5.41) is 6.09. The van der Waals surface area contributed by atoms with Crippen LogP contribution in [0.1, 0.15) is 24.3 Å². The van der Waals surface area contributed by atoms with Crippen molar-refractivity contribution < 1.29 is 4.79 Å². The van der Waals surface area contributed by atoms with Crippen molar-refractivity contribution in [2.75, 3.05) is 0 Å². The monoisotopic (exact) mass is 280 g/mol. The van der Waals surface area contributed by atoms with E-state index in [4.69, 9.17) is 11.6 Å². The van der Waals surface area contributed by atoms with E-state index < -0.39 is 0 Å². The molecule has 2 rings (SSSR count). The lowest BCUT2D eigenvalue weighted by Gasteiger charge is -2.05. The summed E-state index contributed by atoms with van der Waals surface area (Å²) in [5.74, 6) is -0.138. The lowest BCUT2D eigenvalue weighted by atomic mass is 10.2. The smallest absolute Gasteiger partial charge is 0.270 e. The Kier molecular flexibility index (Phi) is 3.99. The van der Waals surface area contributed by atoms with Crippen LogP contribution < -0.4 is 5.32 Å². The average molecular weight is 281 g/mol. The summed E-state index contributed by atoms with van der Waals surface area (Å²) in [6.07, 6.45) is 0. The molecule has 0 aliphatic carbocycles. The van der Waals surface area contributed by atoms with Crippen molar-refractivity contribution in [1.29, 1.82) is 0 Å². The zero-order valence-electron chi connectivity index (χ0n) is 10.1. The molecule has 1 aromatic heterocycles. The first-order valence-corrected chi connectivity index (χ1v) is 6.84. The summed E-state index contributed by atoms with van der Waals surface area (Å²) < 4.78 is 0. The number of benzene rings is 1. The molecule has 2 aromatic rings. The highest BCUT2D eigenvalue weighted by molar-refractivity contribution is 7.13. The maximum Gasteiger partial charge on any atom is 0.270 e. The summed E-state index contributed by atoms with van der Waals surface area (Å²) in [6.45, 7) is 3.84. The largest absolute Gasteiger partial charge is 0.349 e. The first-order valence-electron chi connectivity index (χ1n) is 5.58. The number of thiazole rings is 1. The van der Waals surface area contributed by atoms with Crippen molar-refractivity contribution in [1.82, 2.24) is 10.3 Å². The highest BCUT2D eigenvalue weighted by Crippen LogP contribution is 2.25. The number of halogens is 1. The summed E-state index contributed by atoms with van der Waals surface area (Å²) in [7, 11) is 0. The van der Waals surface area contributed by atoms with E-state index >= 15 is 0 Å². The molecular formula is C13H13ClN2OS. The maximum atomic E-state index is 11.8. The van der Waals surface area contributed by atoms with Gasteiger partial charge in [0.1, 0.15) is 10.7 Å². The Morgan fingerprint density at radius 3 is 2.61 bits per heavy atom. The lowest BCUT2D eigenvalue weighted by molar-refractivity contribution is 0.0939. The first kappa shape index (κ1) is 13.1. The maximum absolute atomic E-state index is 11.8. The molecule has 0 fully saturated rings. The van der Waals surface area contributed by atoms with Crippen LogP contribution in [0.15, 0.2) is 29.6 Å². The molecule has 0 bridgehead atoms. The van der Waals surface area contributed by atoms with Gasteiger partial charge in [-0.2, -0.15) is 0 Å². The fourth-order valence-electron chi connectivity index (χ4n) is 1.44. The van der Waals surface area contributed by atoms with Crippen molar-refractivity contribution in [2.24, 2.45) is 0 Å². The Labute approximate surface area is 115 Å². The van der Waals surface area contributed by atoms with Crippen LogP contribution in [-0.2, 0) is 0 Å². The van der Waals surface area contributed by atoms with Crippen LogP contribution in [0, 0.1) is 0 Å². The number of nitrogens with one attached hydrogen (secondary N) is 1.